The van der Waals surface area contributed by atoms with E-state index in [1.807, 2.05) is 24.3 Å². The van der Waals surface area contributed by atoms with E-state index in [2.05, 4.69) is 11.9 Å². The minimum Gasteiger partial charge on any atom is -0.508 e. The maximum Gasteiger partial charge on any atom is 0.131 e. The van der Waals surface area contributed by atoms with Crippen molar-refractivity contribution in [2.24, 2.45) is 0 Å². The van der Waals surface area contributed by atoms with E-state index in [4.69, 9.17) is 5.73 Å². The molecule has 0 radical (unpaired) electrons. The molecule has 0 fully saturated rings. The summed E-state index contributed by atoms with van der Waals surface area (Å²) < 4.78 is 0. The minimum absolute atomic E-state index is 0.219. The number of pyridine rings is 1. The Morgan fingerprint density at radius 3 is 1.96 bits per heavy atom. The van der Waals surface area contributed by atoms with Gasteiger partial charge in [-0.05, 0) is 47.4 Å². The molecule has 4 N–H and O–H groups in total. The number of nitrogens with two attached hydrogens (primary N) is 1. The fourth-order valence-corrected chi connectivity index (χ4v) is 2.92. The number of hydrogen-bond acceptors (Lipinski definition) is 4. The van der Waals surface area contributed by atoms with Crippen LogP contribution in [0, 0.1) is 0 Å². The van der Waals surface area contributed by atoms with Crippen LogP contribution in [0.5, 0.6) is 11.5 Å². The first-order valence-electron chi connectivity index (χ1n) is 7.96. The Kier molecular flexibility index (Phi) is 4.38. The van der Waals surface area contributed by atoms with Crippen molar-refractivity contribution in [3.05, 3.63) is 60.3 Å². The van der Waals surface area contributed by atoms with E-state index in [1.165, 1.54) is 0 Å². The van der Waals surface area contributed by atoms with Gasteiger partial charge in [-0.25, -0.2) is 4.98 Å². The smallest absolute Gasteiger partial charge is 0.131 e. The average molecular weight is 320 g/mol. The highest BCUT2D eigenvalue weighted by molar-refractivity contribution is 5.84. The maximum absolute atomic E-state index is 9.53. The third-order valence-electron chi connectivity index (χ3n) is 4.05. The lowest BCUT2D eigenvalue weighted by Crippen LogP contribution is -2.02. The van der Waals surface area contributed by atoms with Gasteiger partial charge in [0.2, 0.25) is 0 Å². The summed E-state index contributed by atoms with van der Waals surface area (Å²) >= 11 is 0. The van der Waals surface area contributed by atoms with Crippen molar-refractivity contribution in [3.63, 3.8) is 0 Å². The minimum atomic E-state index is 0.219. The highest BCUT2D eigenvalue weighted by atomic mass is 16.3. The van der Waals surface area contributed by atoms with Gasteiger partial charge in [-0.1, -0.05) is 37.6 Å². The van der Waals surface area contributed by atoms with Gasteiger partial charge in [0.1, 0.15) is 17.3 Å². The molecule has 0 saturated carbocycles. The van der Waals surface area contributed by atoms with E-state index >= 15 is 0 Å². The molecule has 0 atom stereocenters. The van der Waals surface area contributed by atoms with Gasteiger partial charge >= 0.3 is 0 Å². The summed E-state index contributed by atoms with van der Waals surface area (Å²) in [5.74, 6) is 0.932. The highest BCUT2D eigenvalue weighted by Crippen LogP contribution is 2.37. The molecular weight excluding hydrogens is 300 g/mol. The number of aromatic hydroxyl groups is 2. The number of phenols is 2. The van der Waals surface area contributed by atoms with Crippen LogP contribution in [0.1, 0.15) is 18.9 Å². The number of benzene rings is 2. The second-order valence-electron chi connectivity index (χ2n) is 5.75. The molecule has 0 aliphatic heterocycles. The molecule has 122 valence electrons. The van der Waals surface area contributed by atoms with Crippen LogP contribution < -0.4 is 5.73 Å². The van der Waals surface area contributed by atoms with Gasteiger partial charge < -0.3 is 15.9 Å². The third-order valence-corrected chi connectivity index (χ3v) is 4.05. The number of aromatic nitrogens is 1. The number of phenolic OH excluding ortho intramolecular Hbond substituents is 2. The average Bonchev–Trinajstić information content (AvgIpc) is 2.58. The Bertz CT molecular complexity index is 841. The number of nitrogens with zero attached hydrogens (tertiary/aromatic N) is 1. The lowest BCUT2D eigenvalue weighted by atomic mass is 9.91. The van der Waals surface area contributed by atoms with Crippen molar-refractivity contribution in [2.45, 2.75) is 19.8 Å². The van der Waals surface area contributed by atoms with Crippen LogP contribution in [0.3, 0.4) is 0 Å². The Hall–Kier alpha value is -3.01. The van der Waals surface area contributed by atoms with Crippen molar-refractivity contribution in [2.75, 3.05) is 5.73 Å². The van der Waals surface area contributed by atoms with Crippen molar-refractivity contribution in [1.29, 1.82) is 0 Å². The normalized spacial score (nSPS) is 10.7. The van der Waals surface area contributed by atoms with Crippen molar-refractivity contribution in [1.82, 2.24) is 4.98 Å². The van der Waals surface area contributed by atoms with Crippen LogP contribution in [-0.2, 0) is 6.42 Å². The lowest BCUT2D eigenvalue weighted by molar-refractivity contribution is 0.475. The van der Waals surface area contributed by atoms with Crippen LogP contribution in [0.2, 0.25) is 0 Å². The largest absolute Gasteiger partial charge is 0.508 e. The van der Waals surface area contributed by atoms with Crippen LogP contribution in [-0.4, -0.2) is 15.2 Å². The Labute approximate surface area is 141 Å². The number of hydrogen-bond donors (Lipinski definition) is 3. The summed E-state index contributed by atoms with van der Waals surface area (Å²) in [5.41, 5.74) is 11.1. The van der Waals surface area contributed by atoms with Gasteiger partial charge in [-0.3, -0.25) is 0 Å². The summed E-state index contributed by atoms with van der Waals surface area (Å²) in [7, 11) is 0. The second kappa shape index (κ2) is 6.62. The van der Waals surface area contributed by atoms with E-state index in [0.29, 0.717) is 5.82 Å². The summed E-state index contributed by atoms with van der Waals surface area (Å²) in [5, 5.41) is 19.1. The zero-order chi connectivity index (χ0) is 17.1. The fraction of sp³-hybridized carbons (Fsp3) is 0.150. The number of anilines is 1. The number of rotatable bonds is 4. The molecule has 1 aromatic heterocycles. The van der Waals surface area contributed by atoms with Gasteiger partial charge in [0.15, 0.2) is 0 Å². The van der Waals surface area contributed by atoms with Crippen LogP contribution in [0.15, 0.2) is 54.7 Å². The summed E-state index contributed by atoms with van der Waals surface area (Å²) in [6.45, 7) is 2.12. The first kappa shape index (κ1) is 15.9. The predicted octanol–water partition coefficient (Wildman–Crippen LogP) is 4.36. The number of nitrogen functional groups attached to an aromatic ring is 1. The van der Waals surface area contributed by atoms with Gasteiger partial charge in [0.05, 0.1) is 0 Å². The van der Waals surface area contributed by atoms with Crippen LogP contribution in [0.4, 0.5) is 5.82 Å². The molecule has 0 aliphatic rings. The fourth-order valence-electron chi connectivity index (χ4n) is 2.92. The van der Waals surface area contributed by atoms with E-state index in [-0.39, 0.29) is 11.5 Å². The quantitative estimate of drug-likeness (QED) is 0.667. The second-order valence-corrected chi connectivity index (χ2v) is 5.75. The summed E-state index contributed by atoms with van der Waals surface area (Å²) in [6, 6.07) is 14.1. The predicted molar refractivity (Wildman–Crippen MR) is 96.8 cm³/mol. The van der Waals surface area contributed by atoms with Crippen molar-refractivity contribution >= 4 is 5.82 Å². The molecule has 0 aliphatic carbocycles. The molecule has 0 saturated heterocycles. The van der Waals surface area contributed by atoms with Crippen LogP contribution in [0.25, 0.3) is 22.3 Å². The zero-order valence-corrected chi connectivity index (χ0v) is 13.5. The van der Waals surface area contributed by atoms with E-state index in [9.17, 15) is 10.2 Å². The standard InChI is InChI=1S/C20H20N2O2/c1-2-3-17-18(13-4-8-15(23)9-5-13)12-22-20(21)19(17)14-6-10-16(24)11-7-14/h4-12,23-24H,2-3H2,1H3,(H2,21,22). The SMILES string of the molecule is CCCc1c(-c2ccc(O)cc2)cnc(N)c1-c1ccc(O)cc1. The Balaban J connectivity index is 2.22. The zero-order valence-electron chi connectivity index (χ0n) is 13.5. The molecule has 0 amide bonds. The van der Waals surface area contributed by atoms with Gasteiger partial charge in [-0.2, -0.15) is 0 Å². The molecule has 0 unspecified atom stereocenters. The van der Waals surface area contributed by atoms with Crippen LogP contribution >= 0.6 is 0 Å². The van der Waals surface area contributed by atoms with E-state index < -0.39 is 0 Å². The molecule has 4 nitrogen and oxygen atoms in total. The Morgan fingerprint density at radius 1 is 0.875 bits per heavy atom. The van der Waals surface area contributed by atoms with Crippen molar-refractivity contribution in [3.8, 4) is 33.8 Å². The summed E-state index contributed by atoms with van der Waals surface area (Å²) in [6.07, 6.45) is 3.62. The van der Waals surface area contributed by atoms with Gasteiger partial charge in [0, 0.05) is 17.3 Å². The molecule has 0 bridgehead atoms. The highest BCUT2D eigenvalue weighted by Gasteiger charge is 2.16. The first-order chi connectivity index (χ1) is 11.6. The Morgan fingerprint density at radius 2 is 1.42 bits per heavy atom. The van der Waals surface area contributed by atoms with E-state index in [0.717, 1.165) is 40.7 Å². The lowest BCUT2D eigenvalue weighted by Gasteiger charge is -2.17. The molecular formula is C20H20N2O2. The molecule has 0 spiro atoms. The third kappa shape index (κ3) is 3.04. The molecule has 2 aromatic carbocycles. The molecule has 24 heavy (non-hydrogen) atoms. The van der Waals surface area contributed by atoms with Crippen molar-refractivity contribution < 1.29 is 10.2 Å². The molecule has 1 heterocycles. The maximum atomic E-state index is 9.53. The molecule has 3 aromatic rings. The first-order valence-corrected chi connectivity index (χ1v) is 7.96. The topological polar surface area (TPSA) is 79.4 Å². The van der Waals surface area contributed by atoms with E-state index in [1.54, 1.807) is 30.5 Å². The van der Waals surface area contributed by atoms with Gasteiger partial charge in [0.25, 0.3) is 0 Å². The molecule has 4 heteroatoms. The monoisotopic (exact) mass is 320 g/mol. The van der Waals surface area contributed by atoms with Gasteiger partial charge in [-0.15, -0.1) is 0 Å². The molecule has 3 rings (SSSR count). The summed E-state index contributed by atoms with van der Waals surface area (Å²) in [4.78, 5) is 4.37.